The van der Waals surface area contributed by atoms with Crippen LogP contribution in [0, 0.1) is 18.8 Å². The minimum Gasteiger partial charge on any atom is -0.368 e. The third kappa shape index (κ3) is 4.11. The standard InChI is InChI=1S/C17H27N3O2S/c1-12-18-15(11-23-12)9-20-7-13-5-4-6-14(8-20)17(13)22-10-16(21)19(2)3/h11,13-14,17H,4-10H2,1-3H3/t13-,14+,17?. The molecule has 0 aromatic carbocycles. The van der Waals surface area contributed by atoms with E-state index in [-0.39, 0.29) is 18.6 Å². The lowest BCUT2D eigenvalue weighted by Gasteiger charge is -2.46. The van der Waals surface area contributed by atoms with Gasteiger partial charge in [-0.2, -0.15) is 0 Å². The lowest BCUT2D eigenvalue weighted by molar-refractivity contribution is -0.144. The van der Waals surface area contributed by atoms with Crippen LogP contribution in [0.5, 0.6) is 0 Å². The molecule has 128 valence electrons. The Bertz CT molecular complexity index is 532. The second-order valence-corrected chi connectivity index (χ2v) is 8.13. The number of aryl methyl sites for hydroxylation is 1. The van der Waals surface area contributed by atoms with Gasteiger partial charge in [0.1, 0.15) is 6.61 Å². The number of fused-ring (bicyclic) bond motifs is 2. The van der Waals surface area contributed by atoms with Gasteiger partial charge in [0.05, 0.1) is 16.8 Å². The number of likely N-dealkylation sites (tertiary alicyclic amines) is 1. The van der Waals surface area contributed by atoms with Gasteiger partial charge in [0.2, 0.25) is 5.91 Å². The van der Waals surface area contributed by atoms with Crippen LogP contribution in [-0.2, 0) is 16.1 Å². The molecule has 1 aromatic heterocycles. The van der Waals surface area contributed by atoms with E-state index >= 15 is 0 Å². The minimum absolute atomic E-state index is 0.0588. The monoisotopic (exact) mass is 337 g/mol. The molecule has 3 atom stereocenters. The van der Waals surface area contributed by atoms with Crippen molar-refractivity contribution in [3.05, 3.63) is 16.1 Å². The maximum Gasteiger partial charge on any atom is 0.248 e. The molecule has 3 rings (SSSR count). The molecule has 0 radical (unpaired) electrons. The highest BCUT2D eigenvalue weighted by molar-refractivity contribution is 7.09. The van der Waals surface area contributed by atoms with Gasteiger partial charge in [0.15, 0.2) is 0 Å². The number of carbonyl (C=O) groups excluding carboxylic acids is 1. The second-order valence-electron chi connectivity index (χ2n) is 7.07. The van der Waals surface area contributed by atoms with Gasteiger partial charge in [-0.05, 0) is 31.6 Å². The van der Waals surface area contributed by atoms with Gasteiger partial charge in [0.25, 0.3) is 0 Å². The van der Waals surface area contributed by atoms with Crippen LogP contribution in [-0.4, -0.2) is 60.6 Å². The molecule has 2 heterocycles. The van der Waals surface area contributed by atoms with Crippen molar-refractivity contribution in [2.24, 2.45) is 11.8 Å². The highest BCUT2D eigenvalue weighted by Gasteiger charge is 2.40. The summed E-state index contributed by atoms with van der Waals surface area (Å²) in [6.45, 7) is 5.35. The van der Waals surface area contributed by atoms with E-state index in [0.29, 0.717) is 11.8 Å². The van der Waals surface area contributed by atoms with Crippen LogP contribution >= 0.6 is 11.3 Å². The van der Waals surface area contributed by atoms with Crippen molar-refractivity contribution in [1.82, 2.24) is 14.8 Å². The van der Waals surface area contributed by atoms with E-state index in [4.69, 9.17) is 4.74 Å². The van der Waals surface area contributed by atoms with E-state index in [1.54, 1.807) is 30.3 Å². The van der Waals surface area contributed by atoms with Crippen LogP contribution in [0.15, 0.2) is 5.38 Å². The minimum atomic E-state index is 0.0588. The largest absolute Gasteiger partial charge is 0.368 e. The zero-order chi connectivity index (χ0) is 16.4. The fourth-order valence-corrected chi connectivity index (χ4v) is 4.50. The molecule has 0 spiro atoms. The summed E-state index contributed by atoms with van der Waals surface area (Å²) in [6, 6.07) is 0. The van der Waals surface area contributed by atoms with Crippen LogP contribution < -0.4 is 0 Å². The van der Waals surface area contributed by atoms with E-state index in [1.807, 2.05) is 0 Å². The number of amides is 1. The Hall–Kier alpha value is -0.980. The van der Waals surface area contributed by atoms with Gasteiger partial charge in [-0.25, -0.2) is 4.98 Å². The van der Waals surface area contributed by atoms with Crippen molar-refractivity contribution in [3.8, 4) is 0 Å². The number of hydrogen-bond donors (Lipinski definition) is 0. The molecule has 2 aliphatic rings. The van der Waals surface area contributed by atoms with Gasteiger partial charge >= 0.3 is 0 Å². The Labute approximate surface area is 142 Å². The first-order chi connectivity index (χ1) is 11.0. The third-order valence-corrected chi connectivity index (χ3v) is 5.84. The number of aromatic nitrogens is 1. The Kier molecular flexibility index (Phi) is 5.34. The van der Waals surface area contributed by atoms with Crippen molar-refractivity contribution in [3.63, 3.8) is 0 Å². The summed E-state index contributed by atoms with van der Waals surface area (Å²) in [6.07, 6.45) is 3.97. The van der Waals surface area contributed by atoms with Crippen molar-refractivity contribution in [2.45, 2.75) is 38.8 Å². The number of rotatable bonds is 5. The fraction of sp³-hybridized carbons (Fsp3) is 0.765. The maximum absolute atomic E-state index is 11.8. The first kappa shape index (κ1) is 16.9. The summed E-state index contributed by atoms with van der Waals surface area (Å²) in [5, 5.41) is 3.31. The Morgan fingerprint density at radius 3 is 2.65 bits per heavy atom. The number of carbonyl (C=O) groups is 1. The maximum atomic E-state index is 11.8. The molecule has 5 nitrogen and oxygen atoms in total. The molecule has 23 heavy (non-hydrogen) atoms. The highest BCUT2D eigenvalue weighted by atomic mass is 32.1. The lowest BCUT2D eigenvalue weighted by atomic mass is 9.75. The quantitative estimate of drug-likeness (QED) is 0.826. The van der Waals surface area contributed by atoms with E-state index in [2.05, 4.69) is 22.2 Å². The van der Waals surface area contributed by atoms with Crippen molar-refractivity contribution < 1.29 is 9.53 Å². The molecule has 1 aliphatic heterocycles. The number of piperidine rings is 1. The van der Waals surface area contributed by atoms with Gasteiger partial charge in [-0.1, -0.05) is 6.42 Å². The normalized spacial score (nSPS) is 27.9. The summed E-state index contributed by atoms with van der Waals surface area (Å²) in [7, 11) is 3.57. The van der Waals surface area contributed by atoms with Gasteiger partial charge in [-0.15, -0.1) is 11.3 Å². The molecule has 2 fully saturated rings. The van der Waals surface area contributed by atoms with Crippen molar-refractivity contribution in [1.29, 1.82) is 0 Å². The number of nitrogens with zero attached hydrogens (tertiary/aromatic N) is 3. The topological polar surface area (TPSA) is 45.7 Å². The van der Waals surface area contributed by atoms with Gasteiger partial charge in [0, 0.05) is 39.1 Å². The molecule has 1 aromatic rings. The summed E-state index contributed by atoms with van der Waals surface area (Å²) < 4.78 is 6.04. The zero-order valence-corrected chi connectivity index (χ0v) is 15.1. The molecule has 6 heteroatoms. The van der Waals surface area contributed by atoms with Crippen molar-refractivity contribution in [2.75, 3.05) is 33.8 Å². The number of thiazole rings is 1. The lowest BCUT2D eigenvalue weighted by Crippen LogP contribution is -2.52. The molecule has 1 saturated carbocycles. The second kappa shape index (κ2) is 7.28. The third-order valence-electron chi connectivity index (χ3n) is 5.01. The molecule has 1 amide bonds. The predicted octanol–water partition coefficient (Wildman–Crippen LogP) is 2.16. The average Bonchev–Trinajstić information content (AvgIpc) is 2.89. The van der Waals surface area contributed by atoms with Crippen molar-refractivity contribution >= 4 is 17.2 Å². The molecular formula is C17H27N3O2S. The van der Waals surface area contributed by atoms with E-state index in [9.17, 15) is 4.79 Å². The van der Waals surface area contributed by atoms with Gasteiger partial charge < -0.3 is 9.64 Å². The molecular weight excluding hydrogens is 310 g/mol. The summed E-state index contributed by atoms with van der Waals surface area (Å²) in [5.41, 5.74) is 1.19. The van der Waals surface area contributed by atoms with E-state index in [0.717, 1.165) is 24.6 Å². The molecule has 1 unspecified atom stereocenters. The molecule has 0 N–H and O–H groups in total. The zero-order valence-electron chi connectivity index (χ0n) is 14.3. The van der Waals surface area contributed by atoms with Crippen LogP contribution in [0.2, 0.25) is 0 Å². The first-order valence-corrected chi connectivity index (χ1v) is 9.36. The SMILES string of the molecule is Cc1nc(CN2C[C@H]3CCC[C@@H](C2)C3OCC(=O)N(C)C)cs1. The highest BCUT2D eigenvalue weighted by Crippen LogP contribution is 2.37. The Balaban J connectivity index is 1.58. The van der Waals surface area contributed by atoms with Gasteiger partial charge in [-0.3, -0.25) is 9.69 Å². The number of ether oxygens (including phenoxy) is 1. The van der Waals surface area contributed by atoms with Crippen LogP contribution in [0.25, 0.3) is 0 Å². The van der Waals surface area contributed by atoms with Crippen LogP contribution in [0.1, 0.15) is 30.0 Å². The summed E-state index contributed by atoms with van der Waals surface area (Å²) in [5.74, 6) is 1.16. The average molecular weight is 337 g/mol. The molecule has 1 aliphatic carbocycles. The van der Waals surface area contributed by atoms with E-state index < -0.39 is 0 Å². The van der Waals surface area contributed by atoms with E-state index in [1.165, 1.54) is 25.0 Å². The molecule has 1 saturated heterocycles. The van der Waals surface area contributed by atoms with Crippen LogP contribution in [0.3, 0.4) is 0 Å². The number of hydrogen-bond acceptors (Lipinski definition) is 5. The summed E-state index contributed by atoms with van der Waals surface area (Å²) in [4.78, 5) is 20.5. The smallest absolute Gasteiger partial charge is 0.248 e. The van der Waals surface area contributed by atoms with Crippen LogP contribution in [0.4, 0.5) is 0 Å². The molecule has 2 bridgehead atoms. The number of likely N-dealkylation sites (N-methyl/N-ethyl adjacent to an activating group) is 1. The first-order valence-electron chi connectivity index (χ1n) is 8.48. The summed E-state index contributed by atoms with van der Waals surface area (Å²) >= 11 is 1.72. The predicted molar refractivity (Wildman–Crippen MR) is 91.4 cm³/mol. The fourth-order valence-electron chi connectivity index (χ4n) is 3.89. The Morgan fingerprint density at radius 1 is 1.39 bits per heavy atom. The Morgan fingerprint density at radius 2 is 2.09 bits per heavy atom.